The highest BCUT2D eigenvalue weighted by Gasteiger charge is 2.14. The van der Waals surface area contributed by atoms with Gasteiger partial charge in [-0.25, -0.2) is 4.98 Å². The Labute approximate surface area is 152 Å². The number of aryl methyl sites for hydroxylation is 2. The lowest BCUT2D eigenvalue weighted by molar-refractivity contribution is 0.504. The molecule has 2 aromatic heterocycles. The zero-order valence-electron chi connectivity index (χ0n) is 12.4. The van der Waals surface area contributed by atoms with Crippen LogP contribution >= 0.6 is 34.5 Å². The van der Waals surface area contributed by atoms with Gasteiger partial charge >= 0.3 is 0 Å². The maximum absolute atomic E-state index is 6.18. The molecule has 24 heavy (non-hydrogen) atoms. The van der Waals surface area contributed by atoms with E-state index in [-0.39, 0.29) is 0 Å². The monoisotopic (exact) mass is 375 g/mol. The highest BCUT2D eigenvalue weighted by molar-refractivity contribution is 7.21. The van der Waals surface area contributed by atoms with Crippen LogP contribution in [0.4, 0.5) is 0 Å². The highest BCUT2D eigenvalue weighted by atomic mass is 35.5. The fourth-order valence-corrected chi connectivity index (χ4v) is 3.76. The van der Waals surface area contributed by atoms with Crippen molar-refractivity contribution in [2.45, 2.75) is 12.8 Å². The number of thiazole rings is 1. The molecule has 4 rings (SSSR count). The average molecular weight is 376 g/mol. The van der Waals surface area contributed by atoms with E-state index >= 15 is 0 Å². The molecule has 2 aromatic carbocycles. The molecule has 0 spiro atoms. The number of halogens is 2. The van der Waals surface area contributed by atoms with E-state index in [9.17, 15) is 0 Å². The van der Waals surface area contributed by atoms with Gasteiger partial charge < -0.3 is 4.42 Å². The summed E-state index contributed by atoms with van der Waals surface area (Å²) in [5.41, 5.74) is 1.94. The molecule has 0 fully saturated rings. The topological polar surface area (TPSA) is 51.8 Å². The second kappa shape index (κ2) is 6.51. The van der Waals surface area contributed by atoms with Crippen LogP contribution in [0.15, 0.2) is 46.9 Å². The summed E-state index contributed by atoms with van der Waals surface area (Å²) in [5, 5.41) is 10.2. The molecule has 0 radical (unpaired) electrons. The lowest BCUT2D eigenvalue weighted by Crippen LogP contribution is -1.92. The molecule has 0 aliphatic carbocycles. The van der Waals surface area contributed by atoms with Gasteiger partial charge in [-0.1, -0.05) is 41.4 Å². The molecule has 0 atom stereocenters. The molecule has 0 unspecified atom stereocenters. The van der Waals surface area contributed by atoms with Crippen molar-refractivity contribution in [1.29, 1.82) is 0 Å². The van der Waals surface area contributed by atoms with Gasteiger partial charge in [-0.15, -0.1) is 21.5 Å². The molecule has 0 aliphatic rings. The fourth-order valence-electron chi connectivity index (χ4n) is 2.37. The van der Waals surface area contributed by atoms with Crippen molar-refractivity contribution in [3.63, 3.8) is 0 Å². The van der Waals surface area contributed by atoms with Crippen LogP contribution in [0.1, 0.15) is 11.5 Å². The lowest BCUT2D eigenvalue weighted by atomic mass is 10.1. The largest absolute Gasteiger partial charge is 0.419 e. The zero-order chi connectivity index (χ0) is 16.5. The summed E-state index contributed by atoms with van der Waals surface area (Å²) in [6.45, 7) is 0. The van der Waals surface area contributed by atoms with Crippen LogP contribution in [0.3, 0.4) is 0 Å². The van der Waals surface area contributed by atoms with Crippen LogP contribution in [-0.4, -0.2) is 15.2 Å². The van der Waals surface area contributed by atoms with Crippen LogP contribution in [0.5, 0.6) is 0 Å². The van der Waals surface area contributed by atoms with Gasteiger partial charge in [-0.05, 0) is 36.2 Å². The van der Waals surface area contributed by atoms with Gasteiger partial charge in [0.2, 0.25) is 5.89 Å². The van der Waals surface area contributed by atoms with Crippen LogP contribution in [0.25, 0.3) is 21.1 Å². The SMILES string of the molecule is Clc1ccc(CCc2nnc(-c3nc4ccccc4s3)o2)c(Cl)c1. The molecule has 0 N–H and O–H groups in total. The smallest absolute Gasteiger partial charge is 0.276 e. The average Bonchev–Trinajstić information content (AvgIpc) is 3.20. The molecule has 4 nitrogen and oxygen atoms in total. The van der Waals surface area contributed by atoms with Crippen LogP contribution < -0.4 is 0 Å². The first-order valence-corrected chi connectivity index (χ1v) is 8.88. The van der Waals surface area contributed by atoms with Gasteiger partial charge in [0.1, 0.15) is 0 Å². The molecule has 0 saturated heterocycles. The van der Waals surface area contributed by atoms with E-state index in [0.717, 1.165) is 20.8 Å². The third-order valence-corrected chi connectivity index (χ3v) is 5.18. The van der Waals surface area contributed by atoms with Gasteiger partial charge in [-0.3, -0.25) is 0 Å². The predicted molar refractivity (Wildman–Crippen MR) is 96.8 cm³/mol. The van der Waals surface area contributed by atoms with Gasteiger partial charge in [0.15, 0.2) is 5.01 Å². The second-order valence-electron chi connectivity index (χ2n) is 5.22. The molecule has 0 aliphatic heterocycles. The second-order valence-corrected chi connectivity index (χ2v) is 7.10. The first-order valence-electron chi connectivity index (χ1n) is 7.31. The number of para-hydroxylation sites is 1. The molecule has 0 saturated carbocycles. The Morgan fingerprint density at radius 1 is 1.00 bits per heavy atom. The maximum atomic E-state index is 6.18. The molecule has 0 amide bonds. The summed E-state index contributed by atoms with van der Waals surface area (Å²) >= 11 is 13.6. The molecular formula is C17H11Cl2N3OS. The Hall–Kier alpha value is -1.95. The van der Waals surface area contributed by atoms with E-state index in [0.29, 0.717) is 34.7 Å². The van der Waals surface area contributed by atoms with E-state index in [1.807, 2.05) is 36.4 Å². The molecular weight excluding hydrogens is 365 g/mol. The van der Waals surface area contributed by atoms with E-state index in [4.69, 9.17) is 27.6 Å². The summed E-state index contributed by atoms with van der Waals surface area (Å²) in [6, 6.07) is 13.4. The number of benzene rings is 2. The molecule has 2 heterocycles. The van der Waals surface area contributed by atoms with Gasteiger partial charge in [0.05, 0.1) is 10.2 Å². The number of nitrogens with zero attached hydrogens (tertiary/aromatic N) is 3. The minimum atomic E-state index is 0.452. The van der Waals surface area contributed by atoms with Crippen LogP contribution in [0, 0.1) is 0 Å². The summed E-state index contributed by atoms with van der Waals surface area (Å²) in [4.78, 5) is 4.52. The van der Waals surface area contributed by atoms with E-state index < -0.39 is 0 Å². The minimum absolute atomic E-state index is 0.452. The van der Waals surface area contributed by atoms with Gasteiger partial charge in [-0.2, -0.15) is 0 Å². The predicted octanol–water partition coefficient (Wildman–Crippen LogP) is 5.44. The minimum Gasteiger partial charge on any atom is -0.419 e. The summed E-state index contributed by atoms with van der Waals surface area (Å²) in [6.07, 6.45) is 1.32. The number of hydrogen-bond donors (Lipinski definition) is 0. The van der Waals surface area contributed by atoms with Crippen molar-refractivity contribution in [3.8, 4) is 10.9 Å². The Morgan fingerprint density at radius 3 is 2.71 bits per heavy atom. The standard InChI is InChI=1S/C17H11Cl2N3OS/c18-11-7-5-10(12(19)9-11)6-8-15-21-22-16(23-15)17-20-13-3-1-2-4-14(13)24-17/h1-5,7,9H,6,8H2. The molecule has 4 aromatic rings. The van der Waals surface area contributed by atoms with Crippen molar-refractivity contribution in [1.82, 2.24) is 15.2 Å². The Balaban J connectivity index is 1.52. The summed E-state index contributed by atoms with van der Waals surface area (Å²) < 4.78 is 6.84. The Kier molecular flexibility index (Phi) is 4.22. The van der Waals surface area contributed by atoms with Crippen molar-refractivity contribution >= 4 is 44.8 Å². The number of rotatable bonds is 4. The fraction of sp³-hybridized carbons (Fsp3) is 0.118. The van der Waals surface area contributed by atoms with E-state index in [1.54, 1.807) is 6.07 Å². The highest BCUT2D eigenvalue weighted by Crippen LogP contribution is 2.29. The van der Waals surface area contributed by atoms with Crippen LogP contribution in [0.2, 0.25) is 10.0 Å². The zero-order valence-corrected chi connectivity index (χ0v) is 14.7. The third kappa shape index (κ3) is 3.15. The van der Waals surface area contributed by atoms with Gasteiger partial charge in [0, 0.05) is 16.5 Å². The third-order valence-electron chi connectivity index (χ3n) is 3.57. The van der Waals surface area contributed by atoms with Crippen molar-refractivity contribution in [2.24, 2.45) is 0 Å². The first kappa shape index (κ1) is 15.6. The van der Waals surface area contributed by atoms with Crippen molar-refractivity contribution < 1.29 is 4.42 Å². The Morgan fingerprint density at radius 2 is 1.88 bits per heavy atom. The number of hydrogen-bond acceptors (Lipinski definition) is 5. The quantitative estimate of drug-likeness (QED) is 0.476. The summed E-state index contributed by atoms with van der Waals surface area (Å²) in [5.74, 6) is 1.02. The van der Waals surface area contributed by atoms with Gasteiger partial charge in [0.25, 0.3) is 5.89 Å². The van der Waals surface area contributed by atoms with Crippen molar-refractivity contribution in [2.75, 3.05) is 0 Å². The molecule has 0 bridgehead atoms. The van der Waals surface area contributed by atoms with Crippen molar-refractivity contribution in [3.05, 3.63) is 64.0 Å². The number of fused-ring (bicyclic) bond motifs is 1. The van der Waals surface area contributed by atoms with E-state index in [1.165, 1.54) is 11.3 Å². The molecule has 7 heteroatoms. The first-order chi connectivity index (χ1) is 11.7. The number of aromatic nitrogens is 3. The van der Waals surface area contributed by atoms with E-state index in [2.05, 4.69) is 15.2 Å². The summed E-state index contributed by atoms with van der Waals surface area (Å²) in [7, 11) is 0. The molecule has 120 valence electrons. The normalized spacial score (nSPS) is 11.2. The Bertz CT molecular complexity index is 979. The lowest BCUT2D eigenvalue weighted by Gasteiger charge is -2.02. The van der Waals surface area contributed by atoms with Crippen LogP contribution in [-0.2, 0) is 12.8 Å². The maximum Gasteiger partial charge on any atom is 0.276 e.